The summed E-state index contributed by atoms with van der Waals surface area (Å²) in [6, 6.07) is 0. The van der Waals surface area contributed by atoms with Crippen molar-refractivity contribution in [1.29, 1.82) is 5.41 Å². The molecule has 0 saturated carbocycles. The predicted octanol–water partition coefficient (Wildman–Crippen LogP) is 0.945. The van der Waals surface area contributed by atoms with E-state index in [1.54, 1.807) is 0 Å². The molecule has 7 nitrogen and oxygen atoms in total. The van der Waals surface area contributed by atoms with Gasteiger partial charge in [0.1, 0.15) is 12.2 Å². The number of nitrogens with zero attached hydrogens (tertiary/aromatic N) is 2. The highest BCUT2D eigenvalue weighted by Crippen LogP contribution is 2.32. The van der Waals surface area contributed by atoms with Crippen LogP contribution in [0.3, 0.4) is 0 Å². The molecule has 0 spiro atoms. The molecule has 2 heterocycles. The lowest BCUT2D eigenvalue weighted by Crippen LogP contribution is -2.52. The molecule has 0 unspecified atom stereocenters. The number of nitrogens with one attached hydrogen (secondary N) is 2. The van der Waals surface area contributed by atoms with E-state index in [-0.39, 0.29) is 17.7 Å². The van der Waals surface area contributed by atoms with Crippen molar-refractivity contribution in [2.75, 3.05) is 25.1 Å². The molecular formula is C14H19F3N4O3. The number of ether oxygens (including phenoxy) is 1. The minimum atomic E-state index is -4.53. The molecule has 0 atom stereocenters. The van der Waals surface area contributed by atoms with Crippen LogP contribution in [0.5, 0.6) is 0 Å². The number of alkyl halides is 3. The van der Waals surface area contributed by atoms with Gasteiger partial charge in [0.05, 0.1) is 18.9 Å². The van der Waals surface area contributed by atoms with Crippen LogP contribution in [-0.4, -0.2) is 41.3 Å². The van der Waals surface area contributed by atoms with E-state index < -0.39 is 29.7 Å². The van der Waals surface area contributed by atoms with Gasteiger partial charge in [0.2, 0.25) is 0 Å². The Hall–Kier alpha value is -2.10. The summed E-state index contributed by atoms with van der Waals surface area (Å²) in [4.78, 5) is 24.9. The molecule has 0 aliphatic carbocycles. The normalized spacial score (nSPS) is 16.5. The fraction of sp³-hybridized carbons (Fsp3) is 0.643. The van der Waals surface area contributed by atoms with Crippen LogP contribution >= 0.6 is 0 Å². The van der Waals surface area contributed by atoms with Crippen molar-refractivity contribution in [3.8, 4) is 0 Å². The molecule has 0 bridgehead atoms. The third-order valence-electron chi connectivity index (χ3n) is 4.26. The summed E-state index contributed by atoms with van der Waals surface area (Å²) in [5.74, 6) is 0. The Kier molecular flexibility index (Phi) is 4.88. The third kappa shape index (κ3) is 3.37. The zero-order valence-corrected chi connectivity index (χ0v) is 13.4. The Bertz CT molecular complexity index is 742. The van der Waals surface area contributed by atoms with Crippen molar-refractivity contribution in [3.63, 3.8) is 0 Å². The maximum atomic E-state index is 12.5. The lowest BCUT2D eigenvalue weighted by molar-refractivity contribution is -0.124. The topological polar surface area (TPSA) is 89.1 Å². The molecule has 24 heavy (non-hydrogen) atoms. The smallest absolute Gasteiger partial charge is 0.380 e. The average Bonchev–Trinajstić information content (AvgIpc) is 2.47. The molecule has 134 valence electrons. The van der Waals surface area contributed by atoms with Gasteiger partial charge in [0.15, 0.2) is 0 Å². The maximum Gasteiger partial charge on any atom is 0.405 e. The van der Waals surface area contributed by atoms with Gasteiger partial charge in [-0.15, -0.1) is 0 Å². The van der Waals surface area contributed by atoms with E-state index in [1.165, 1.54) is 7.05 Å². The van der Waals surface area contributed by atoms with Crippen LogP contribution in [0.4, 0.5) is 18.9 Å². The largest absolute Gasteiger partial charge is 0.405 e. The van der Waals surface area contributed by atoms with Crippen LogP contribution in [0.1, 0.15) is 19.0 Å². The Morgan fingerprint density at radius 3 is 2.42 bits per heavy atom. The quantitative estimate of drug-likeness (QED) is 0.749. The second-order valence-corrected chi connectivity index (χ2v) is 5.95. The zero-order chi connectivity index (χ0) is 18.1. The van der Waals surface area contributed by atoms with E-state index in [0.29, 0.717) is 25.8 Å². The molecule has 0 aromatic carbocycles. The van der Waals surface area contributed by atoms with Gasteiger partial charge in [-0.1, -0.05) is 6.92 Å². The van der Waals surface area contributed by atoms with Gasteiger partial charge in [-0.25, -0.2) is 4.79 Å². The Morgan fingerprint density at radius 2 is 2.00 bits per heavy atom. The van der Waals surface area contributed by atoms with E-state index in [1.807, 2.05) is 12.2 Å². The molecular weight excluding hydrogens is 329 g/mol. The molecule has 10 heteroatoms. The minimum Gasteiger partial charge on any atom is -0.380 e. The van der Waals surface area contributed by atoms with Crippen molar-refractivity contribution in [1.82, 2.24) is 9.13 Å². The number of hydrogen-bond acceptors (Lipinski definition) is 5. The van der Waals surface area contributed by atoms with Gasteiger partial charge in [-0.2, -0.15) is 13.2 Å². The van der Waals surface area contributed by atoms with Crippen molar-refractivity contribution >= 4 is 11.9 Å². The fourth-order valence-corrected chi connectivity index (χ4v) is 2.58. The van der Waals surface area contributed by atoms with Gasteiger partial charge in [-0.3, -0.25) is 13.9 Å². The minimum absolute atomic E-state index is 0.0635. The summed E-state index contributed by atoms with van der Waals surface area (Å²) in [7, 11) is 1.31. The second-order valence-electron chi connectivity index (χ2n) is 5.95. The van der Waals surface area contributed by atoms with E-state index in [2.05, 4.69) is 0 Å². The lowest BCUT2D eigenvalue weighted by Gasteiger charge is -2.41. The molecule has 1 aliphatic rings. The maximum absolute atomic E-state index is 12.5. The van der Waals surface area contributed by atoms with Crippen LogP contribution in [0.2, 0.25) is 0 Å². The van der Waals surface area contributed by atoms with Crippen LogP contribution in [0.25, 0.3) is 0 Å². The fourth-order valence-electron chi connectivity index (χ4n) is 2.58. The molecule has 2 rings (SSSR count). The molecule has 1 aliphatic heterocycles. The van der Waals surface area contributed by atoms with Gasteiger partial charge >= 0.3 is 11.9 Å². The summed E-state index contributed by atoms with van der Waals surface area (Å²) in [5, 5.41) is 9.33. The van der Waals surface area contributed by atoms with E-state index in [0.717, 1.165) is 9.13 Å². The molecule has 2 N–H and O–H groups in total. The van der Waals surface area contributed by atoms with Crippen molar-refractivity contribution in [3.05, 3.63) is 26.5 Å². The molecule has 0 radical (unpaired) electrons. The molecule has 1 fully saturated rings. The van der Waals surface area contributed by atoms with Gasteiger partial charge in [-0.05, 0) is 6.42 Å². The number of halogens is 3. The molecule has 1 aromatic rings. The Labute approximate surface area is 135 Å². The predicted molar refractivity (Wildman–Crippen MR) is 81.9 cm³/mol. The first-order valence-corrected chi connectivity index (χ1v) is 7.37. The van der Waals surface area contributed by atoms with E-state index in [4.69, 9.17) is 10.1 Å². The average molecular weight is 348 g/mol. The number of hydrogen-bond donors (Lipinski definition) is 2. The summed E-state index contributed by atoms with van der Waals surface area (Å²) < 4.78 is 44.5. The van der Waals surface area contributed by atoms with E-state index >= 15 is 0 Å². The first kappa shape index (κ1) is 18.2. The lowest BCUT2D eigenvalue weighted by atomic mass is 9.83. The highest BCUT2D eigenvalue weighted by molar-refractivity contribution is 5.82. The summed E-state index contributed by atoms with van der Waals surface area (Å²) in [5.41, 5.74) is -2.50. The molecule has 1 aromatic heterocycles. The van der Waals surface area contributed by atoms with Gasteiger partial charge < -0.3 is 15.5 Å². The summed E-state index contributed by atoms with van der Waals surface area (Å²) in [6.07, 6.45) is -3.17. The summed E-state index contributed by atoms with van der Waals surface area (Å²) in [6.45, 7) is 1.30. The Balaban J connectivity index is 2.52. The van der Waals surface area contributed by atoms with Crippen LogP contribution in [0, 0.1) is 10.8 Å². The van der Waals surface area contributed by atoms with Gasteiger partial charge in [0.25, 0.3) is 5.56 Å². The highest BCUT2D eigenvalue weighted by Gasteiger charge is 2.38. The van der Waals surface area contributed by atoms with Crippen LogP contribution in [-0.2, 0) is 18.3 Å². The van der Waals surface area contributed by atoms with Crippen molar-refractivity contribution in [2.24, 2.45) is 12.5 Å². The molecule has 0 amide bonds. The van der Waals surface area contributed by atoms with Crippen LogP contribution < -0.4 is 16.6 Å². The number of anilines is 1. The van der Waals surface area contributed by atoms with Crippen LogP contribution in [0.15, 0.2) is 9.59 Å². The SMILES string of the molecule is CCC1(Cn2c(=O)c(NCC(F)(F)F)c(C=N)n(C)c2=O)COC1. The molecule has 1 saturated heterocycles. The summed E-state index contributed by atoms with van der Waals surface area (Å²) >= 11 is 0. The third-order valence-corrected chi connectivity index (χ3v) is 4.26. The zero-order valence-electron chi connectivity index (χ0n) is 13.4. The second kappa shape index (κ2) is 6.42. The van der Waals surface area contributed by atoms with E-state index in [9.17, 15) is 22.8 Å². The van der Waals surface area contributed by atoms with Gasteiger partial charge in [0, 0.05) is 25.2 Å². The Morgan fingerprint density at radius 1 is 1.38 bits per heavy atom. The highest BCUT2D eigenvalue weighted by atomic mass is 19.4. The standard InChI is InChI=1S/C14H19F3N4O3/c1-3-13(7-24-8-13)6-21-11(22)10(19-5-14(15,16)17)9(4-18)20(2)12(21)23/h4,18-19H,3,5-8H2,1-2H3. The first-order valence-electron chi connectivity index (χ1n) is 7.37. The first-order chi connectivity index (χ1) is 11.1. The number of rotatable bonds is 6. The van der Waals surface area contributed by atoms with Crippen molar-refractivity contribution < 1.29 is 17.9 Å². The monoisotopic (exact) mass is 348 g/mol. The van der Waals surface area contributed by atoms with Crippen molar-refractivity contribution in [2.45, 2.75) is 26.1 Å². The number of aromatic nitrogens is 2.